The zero-order valence-corrected chi connectivity index (χ0v) is 13.0. The molecule has 2 rings (SSSR count). The van der Waals surface area contributed by atoms with Gasteiger partial charge in [-0.3, -0.25) is 14.7 Å². The van der Waals surface area contributed by atoms with Gasteiger partial charge in [0.25, 0.3) is 5.91 Å². The SMILES string of the molecule is COCCNC(=O)c1cc(NCCN2CCOCC2)ccn1. The molecule has 2 heterocycles. The summed E-state index contributed by atoms with van der Waals surface area (Å²) in [4.78, 5) is 18.4. The molecule has 1 aromatic rings. The van der Waals surface area contributed by atoms with E-state index in [0.29, 0.717) is 18.8 Å². The maximum absolute atomic E-state index is 11.9. The Balaban J connectivity index is 1.76. The number of hydrogen-bond donors (Lipinski definition) is 2. The summed E-state index contributed by atoms with van der Waals surface area (Å²) < 4.78 is 10.2. The largest absolute Gasteiger partial charge is 0.384 e. The maximum atomic E-state index is 11.9. The average molecular weight is 308 g/mol. The molecule has 1 saturated heterocycles. The monoisotopic (exact) mass is 308 g/mol. The smallest absolute Gasteiger partial charge is 0.270 e. The van der Waals surface area contributed by atoms with Gasteiger partial charge in [-0.25, -0.2) is 0 Å². The van der Waals surface area contributed by atoms with Crippen LogP contribution in [0.5, 0.6) is 0 Å². The van der Waals surface area contributed by atoms with E-state index in [-0.39, 0.29) is 5.91 Å². The predicted molar refractivity (Wildman–Crippen MR) is 84.2 cm³/mol. The maximum Gasteiger partial charge on any atom is 0.270 e. The van der Waals surface area contributed by atoms with Gasteiger partial charge in [0, 0.05) is 51.7 Å². The number of morpholine rings is 1. The fraction of sp³-hybridized carbons (Fsp3) is 0.600. The molecule has 1 fully saturated rings. The van der Waals surface area contributed by atoms with E-state index in [1.54, 1.807) is 19.4 Å². The van der Waals surface area contributed by atoms with E-state index in [1.165, 1.54) is 0 Å². The number of carbonyl (C=O) groups excluding carboxylic acids is 1. The molecule has 22 heavy (non-hydrogen) atoms. The lowest BCUT2D eigenvalue weighted by molar-refractivity contribution is 0.0398. The van der Waals surface area contributed by atoms with Crippen molar-refractivity contribution in [3.8, 4) is 0 Å². The first-order valence-electron chi connectivity index (χ1n) is 7.57. The molecule has 122 valence electrons. The summed E-state index contributed by atoms with van der Waals surface area (Å²) in [5.74, 6) is -0.186. The van der Waals surface area contributed by atoms with Crippen molar-refractivity contribution in [2.24, 2.45) is 0 Å². The molecule has 7 nitrogen and oxygen atoms in total. The van der Waals surface area contributed by atoms with Crippen molar-refractivity contribution in [2.75, 3.05) is 65.0 Å². The van der Waals surface area contributed by atoms with Gasteiger partial charge in [0.15, 0.2) is 0 Å². The molecule has 0 aromatic carbocycles. The number of ether oxygens (including phenoxy) is 2. The topological polar surface area (TPSA) is 75.7 Å². The van der Waals surface area contributed by atoms with E-state index in [2.05, 4.69) is 20.5 Å². The highest BCUT2D eigenvalue weighted by molar-refractivity contribution is 5.93. The third-order valence-electron chi connectivity index (χ3n) is 3.45. The fourth-order valence-corrected chi connectivity index (χ4v) is 2.20. The number of amides is 1. The molecular formula is C15H24N4O3. The second kappa shape index (κ2) is 9.34. The van der Waals surface area contributed by atoms with E-state index < -0.39 is 0 Å². The van der Waals surface area contributed by atoms with Crippen LogP contribution in [0.25, 0.3) is 0 Å². The van der Waals surface area contributed by atoms with Crippen molar-refractivity contribution in [2.45, 2.75) is 0 Å². The lowest BCUT2D eigenvalue weighted by Crippen LogP contribution is -2.39. The van der Waals surface area contributed by atoms with E-state index in [4.69, 9.17) is 9.47 Å². The molecule has 0 radical (unpaired) electrons. The van der Waals surface area contributed by atoms with Crippen LogP contribution in [0.1, 0.15) is 10.5 Å². The molecule has 7 heteroatoms. The minimum absolute atomic E-state index is 0.186. The van der Waals surface area contributed by atoms with Crippen molar-refractivity contribution in [3.63, 3.8) is 0 Å². The molecule has 1 amide bonds. The summed E-state index contributed by atoms with van der Waals surface area (Å²) in [5.41, 5.74) is 1.31. The van der Waals surface area contributed by atoms with Crippen LogP contribution in [0.3, 0.4) is 0 Å². The minimum atomic E-state index is -0.186. The Kier molecular flexibility index (Phi) is 7.08. The second-order valence-corrected chi connectivity index (χ2v) is 5.06. The Bertz CT molecular complexity index is 464. The molecule has 0 aliphatic carbocycles. The highest BCUT2D eigenvalue weighted by atomic mass is 16.5. The van der Waals surface area contributed by atoms with Crippen molar-refractivity contribution in [1.82, 2.24) is 15.2 Å². The predicted octanol–water partition coefficient (Wildman–Crippen LogP) is 0.202. The molecule has 1 aromatic heterocycles. The number of anilines is 1. The fourth-order valence-electron chi connectivity index (χ4n) is 2.20. The van der Waals surface area contributed by atoms with Gasteiger partial charge < -0.3 is 20.1 Å². The lowest BCUT2D eigenvalue weighted by atomic mass is 10.3. The molecule has 0 atom stereocenters. The summed E-state index contributed by atoms with van der Waals surface area (Å²) in [6.45, 7) is 6.32. The first-order valence-corrected chi connectivity index (χ1v) is 7.57. The number of methoxy groups -OCH3 is 1. The van der Waals surface area contributed by atoms with Crippen LogP contribution in [0.15, 0.2) is 18.3 Å². The highest BCUT2D eigenvalue weighted by Crippen LogP contribution is 2.08. The van der Waals surface area contributed by atoms with Crippen LogP contribution in [-0.2, 0) is 9.47 Å². The van der Waals surface area contributed by atoms with Gasteiger partial charge in [-0.05, 0) is 12.1 Å². The van der Waals surface area contributed by atoms with Crippen molar-refractivity contribution in [3.05, 3.63) is 24.0 Å². The van der Waals surface area contributed by atoms with Crippen LogP contribution in [0, 0.1) is 0 Å². The Morgan fingerprint density at radius 2 is 2.23 bits per heavy atom. The number of nitrogens with zero attached hydrogens (tertiary/aromatic N) is 2. The highest BCUT2D eigenvalue weighted by Gasteiger charge is 2.10. The van der Waals surface area contributed by atoms with Gasteiger partial charge in [-0.1, -0.05) is 0 Å². The van der Waals surface area contributed by atoms with Gasteiger partial charge >= 0.3 is 0 Å². The van der Waals surface area contributed by atoms with E-state index >= 15 is 0 Å². The van der Waals surface area contributed by atoms with Gasteiger partial charge in [-0.15, -0.1) is 0 Å². The zero-order valence-electron chi connectivity index (χ0n) is 13.0. The number of nitrogens with one attached hydrogen (secondary N) is 2. The standard InChI is InChI=1S/C15H24N4O3/c1-21-9-5-18-15(20)14-12-13(2-3-17-14)16-4-6-19-7-10-22-11-8-19/h2-3,12H,4-11H2,1H3,(H,16,17)(H,18,20). The minimum Gasteiger partial charge on any atom is -0.384 e. The van der Waals surface area contributed by atoms with E-state index in [0.717, 1.165) is 45.1 Å². The van der Waals surface area contributed by atoms with Gasteiger partial charge in [-0.2, -0.15) is 0 Å². The molecule has 0 unspecified atom stereocenters. The lowest BCUT2D eigenvalue weighted by Gasteiger charge is -2.26. The first-order chi connectivity index (χ1) is 10.8. The molecule has 0 bridgehead atoms. The summed E-state index contributed by atoms with van der Waals surface area (Å²) in [6, 6.07) is 3.63. The summed E-state index contributed by atoms with van der Waals surface area (Å²) in [5, 5.41) is 6.09. The van der Waals surface area contributed by atoms with E-state index in [9.17, 15) is 4.79 Å². The Labute approximate surface area is 131 Å². The quantitative estimate of drug-likeness (QED) is 0.668. The van der Waals surface area contributed by atoms with Gasteiger partial charge in [0.05, 0.1) is 19.8 Å². The van der Waals surface area contributed by atoms with Gasteiger partial charge in [0.2, 0.25) is 0 Å². The van der Waals surface area contributed by atoms with Crippen LogP contribution in [0.2, 0.25) is 0 Å². The molecule has 0 spiro atoms. The number of pyridine rings is 1. The van der Waals surface area contributed by atoms with Crippen molar-refractivity contribution < 1.29 is 14.3 Å². The molecule has 1 aliphatic rings. The molecule has 1 aliphatic heterocycles. The third kappa shape index (κ3) is 5.59. The zero-order chi connectivity index (χ0) is 15.6. The van der Waals surface area contributed by atoms with Crippen LogP contribution >= 0.6 is 0 Å². The normalized spacial score (nSPS) is 15.5. The Hall–Kier alpha value is -1.70. The van der Waals surface area contributed by atoms with Crippen LogP contribution in [-0.4, -0.2) is 75.4 Å². The third-order valence-corrected chi connectivity index (χ3v) is 3.45. The van der Waals surface area contributed by atoms with Crippen molar-refractivity contribution in [1.29, 1.82) is 0 Å². The Morgan fingerprint density at radius 3 is 3.00 bits per heavy atom. The number of aromatic nitrogens is 1. The van der Waals surface area contributed by atoms with Crippen molar-refractivity contribution >= 4 is 11.6 Å². The number of carbonyl (C=O) groups is 1. The van der Waals surface area contributed by atoms with Gasteiger partial charge in [0.1, 0.15) is 5.69 Å². The van der Waals surface area contributed by atoms with E-state index in [1.807, 2.05) is 6.07 Å². The molecule has 0 saturated carbocycles. The van der Waals surface area contributed by atoms with Crippen LogP contribution in [0.4, 0.5) is 5.69 Å². The second-order valence-electron chi connectivity index (χ2n) is 5.06. The molecule has 2 N–H and O–H groups in total. The average Bonchev–Trinajstić information content (AvgIpc) is 2.56. The number of hydrogen-bond acceptors (Lipinski definition) is 6. The Morgan fingerprint density at radius 1 is 1.41 bits per heavy atom. The number of rotatable bonds is 8. The summed E-state index contributed by atoms with van der Waals surface area (Å²) >= 11 is 0. The summed E-state index contributed by atoms with van der Waals surface area (Å²) in [6.07, 6.45) is 1.64. The molecular weight excluding hydrogens is 284 g/mol. The summed E-state index contributed by atoms with van der Waals surface area (Å²) in [7, 11) is 1.60. The van der Waals surface area contributed by atoms with Crippen LogP contribution < -0.4 is 10.6 Å². The first kappa shape index (κ1) is 16.7.